The van der Waals surface area contributed by atoms with Gasteiger partial charge < -0.3 is 45.5 Å². The van der Waals surface area contributed by atoms with Crippen LogP contribution < -0.4 is 21.3 Å². The van der Waals surface area contributed by atoms with Gasteiger partial charge in [-0.25, -0.2) is 0 Å². The molecular weight excluding hydrogens is 482 g/mol. The predicted molar refractivity (Wildman–Crippen MR) is 135 cm³/mol. The van der Waals surface area contributed by atoms with Gasteiger partial charge in [-0.3, -0.25) is 9.59 Å². The molecule has 1 aliphatic heterocycles. The van der Waals surface area contributed by atoms with Crippen molar-refractivity contribution in [2.75, 3.05) is 19.7 Å². The van der Waals surface area contributed by atoms with Crippen LogP contribution in [0.25, 0.3) is 21.9 Å². The van der Waals surface area contributed by atoms with Gasteiger partial charge in [-0.05, 0) is 53.3 Å². The fourth-order valence-corrected chi connectivity index (χ4v) is 4.26. The van der Waals surface area contributed by atoms with E-state index < -0.39 is 37.3 Å². The number of ether oxygens (including phenoxy) is 2. The van der Waals surface area contributed by atoms with Crippen LogP contribution >= 0.6 is 0 Å². The van der Waals surface area contributed by atoms with Crippen molar-refractivity contribution < 1.29 is 34.7 Å². The second-order valence-corrected chi connectivity index (χ2v) is 8.98. The fraction of sp³-hybridized carbons (Fsp3) is 0.385. The van der Waals surface area contributed by atoms with Gasteiger partial charge in [0.2, 0.25) is 12.2 Å². The number of nitrogens with one attached hydrogen (secondary N) is 1. The Morgan fingerprint density at radius 2 is 1.81 bits per heavy atom. The van der Waals surface area contributed by atoms with E-state index in [0.29, 0.717) is 29.8 Å². The molecule has 5 atom stereocenters. The van der Waals surface area contributed by atoms with Crippen LogP contribution in [-0.4, -0.2) is 81.3 Å². The van der Waals surface area contributed by atoms with Gasteiger partial charge in [0.25, 0.3) is 5.56 Å². The van der Waals surface area contributed by atoms with Gasteiger partial charge in [-0.15, -0.1) is 0 Å². The van der Waals surface area contributed by atoms with Crippen LogP contribution in [0.5, 0.6) is 5.75 Å². The maximum Gasteiger partial charge on any atom is 0.258 e. The first-order valence-corrected chi connectivity index (χ1v) is 11.9. The van der Waals surface area contributed by atoms with Crippen molar-refractivity contribution in [2.45, 2.75) is 44.2 Å². The number of nitrogens with zero attached hydrogens (tertiary/aromatic N) is 1. The zero-order valence-corrected chi connectivity index (χ0v) is 20.3. The number of hydrogen-bond donors (Lipinski definition) is 6. The van der Waals surface area contributed by atoms with Crippen LogP contribution in [0.2, 0.25) is 0 Å². The quantitative estimate of drug-likeness (QED) is 0.226. The maximum atomic E-state index is 13.0. The number of carbonyl (C=O) groups excluding carboxylic acids is 1. The molecule has 11 nitrogen and oxygen atoms in total. The molecule has 1 saturated heterocycles. The molecule has 7 N–H and O–H groups in total. The highest BCUT2D eigenvalue weighted by Gasteiger charge is 2.44. The number of carbonyl (C=O) groups is 1. The predicted octanol–water partition coefficient (Wildman–Crippen LogP) is -0.769. The lowest BCUT2D eigenvalue weighted by Crippen LogP contribution is -2.60. The van der Waals surface area contributed by atoms with Gasteiger partial charge in [-0.2, -0.15) is 0 Å². The van der Waals surface area contributed by atoms with E-state index in [9.17, 15) is 30.0 Å². The average molecular weight is 514 g/mol. The molecule has 1 amide bonds. The molecule has 37 heavy (non-hydrogen) atoms. The van der Waals surface area contributed by atoms with E-state index in [1.165, 1.54) is 4.57 Å². The van der Waals surface area contributed by atoms with Crippen molar-refractivity contribution in [1.29, 1.82) is 0 Å². The normalized spacial score (nSPS) is 23.7. The minimum Gasteiger partial charge on any atom is -0.462 e. The summed E-state index contributed by atoms with van der Waals surface area (Å²) in [6, 6.07) is 12.5. The number of nitrogens with two attached hydrogens (primary N) is 1. The molecule has 1 fully saturated rings. The number of pyridine rings is 1. The summed E-state index contributed by atoms with van der Waals surface area (Å²) in [5.41, 5.74) is 7.38. The van der Waals surface area contributed by atoms with Crippen molar-refractivity contribution >= 4 is 16.7 Å². The van der Waals surface area contributed by atoms with Crippen LogP contribution in [0.4, 0.5) is 0 Å². The smallest absolute Gasteiger partial charge is 0.258 e. The Morgan fingerprint density at radius 1 is 1.08 bits per heavy atom. The molecule has 0 radical (unpaired) electrons. The summed E-state index contributed by atoms with van der Waals surface area (Å²) in [6.45, 7) is 1.78. The van der Waals surface area contributed by atoms with E-state index in [1.807, 2.05) is 18.2 Å². The molecule has 0 unspecified atom stereocenters. The summed E-state index contributed by atoms with van der Waals surface area (Å²) in [5.74, 6) is 0.0772. The monoisotopic (exact) mass is 513 g/mol. The zero-order valence-electron chi connectivity index (χ0n) is 20.3. The number of aryl methyl sites for hydroxylation is 1. The number of amides is 1. The molecule has 0 saturated carbocycles. The molecule has 0 spiro atoms. The van der Waals surface area contributed by atoms with E-state index in [-0.39, 0.29) is 18.0 Å². The van der Waals surface area contributed by atoms with Crippen molar-refractivity contribution in [2.24, 2.45) is 5.73 Å². The third-order valence-electron chi connectivity index (χ3n) is 6.36. The third kappa shape index (κ3) is 5.67. The SMILES string of the molecule is Cc1cc(-c2ccc3ccn(CC(=O)NCCN)c(=O)c3c2)ccc1O[C@H]1O[C@H](CO)[C@@H](O)[C@H](O)[C@@H]1O. The number of benzene rings is 2. The van der Waals surface area contributed by atoms with Gasteiger partial charge >= 0.3 is 0 Å². The van der Waals surface area contributed by atoms with Gasteiger partial charge in [-0.1, -0.05) is 18.2 Å². The first-order valence-electron chi connectivity index (χ1n) is 11.9. The van der Waals surface area contributed by atoms with E-state index in [4.69, 9.17) is 15.2 Å². The molecule has 198 valence electrons. The molecule has 4 rings (SSSR count). The van der Waals surface area contributed by atoms with E-state index in [2.05, 4.69) is 5.32 Å². The topological polar surface area (TPSA) is 176 Å². The number of aliphatic hydroxyl groups excluding tert-OH is 4. The summed E-state index contributed by atoms with van der Waals surface area (Å²) in [6.07, 6.45) is -5.30. The number of hydrogen-bond acceptors (Lipinski definition) is 9. The van der Waals surface area contributed by atoms with Crippen molar-refractivity contribution in [3.63, 3.8) is 0 Å². The Labute approximate surface area is 212 Å². The first kappa shape index (κ1) is 26.7. The van der Waals surface area contributed by atoms with E-state index in [1.54, 1.807) is 37.4 Å². The second-order valence-electron chi connectivity index (χ2n) is 8.98. The lowest BCUT2D eigenvalue weighted by molar-refractivity contribution is -0.277. The number of fused-ring (bicyclic) bond motifs is 1. The molecule has 0 aliphatic carbocycles. The maximum absolute atomic E-state index is 13.0. The fourth-order valence-electron chi connectivity index (χ4n) is 4.26. The molecule has 2 heterocycles. The van der Waals surface area contributed by atoms with Crippen LogP contribution in [0, 0.1) is 6.92 Å². The number of aliphatic hydroxyl groups is 4. The summed E-state index contributed by atoms with van der Waals surface area (Å²) in [4.78, 5) is 25.1. The molecular formula is C26H31N3O8. The van der Waals surface area contributed by atoms with Crippen molar-refractivity contribution in [3.8, 4) is 16.9 Å². The minimum atomic E-state index is -1.54. The lowest BCUT2D eigenvalue weighted by Gasteiger charge is -2.39. The molecule has 0 bridgehead atoms. The highest BCUT2D eigenvalue weighted by atomic mass is 16.7. The summed E-state index contributed by atoms with van der Waals surface area (Å²) in [5, 5.41) is 43.4. The highest BCUT2D eigenvalue weighted by molar-refractivity contribution is 5.87. The molecule has 1 aromatic heterocycles. The minimum absolute atomic E-state index is 0.109. The molecule has 2 aromatic carbocycles. The Kier molecular flexibility index (Phi) is 8.22. The molecule has 11 heteroatoms. The van der Waals surface area contributed by atoms with Crippen LogP contribution in [0.1, 0.15) is 5.56 Å². The second kappa shape index (κ2) is 11.4. The Hall–Kier alpha value is -3.32. The van der Waals surface area contributed by atoms with E-state index >= 15 is 0 Å². The average Bonchev–Trinajstić information content (AvgIpc) is 2.90. The number of aromatic nitrogens is 1. The van der Waals surface area contributed by atoms with Crippen molar-refractivity contribution in [3.05, 3.63) is 64.6 Å². The Balaban J connectivity index is 1.57. The standard InChI is InChI=1S/C26H31N3O8/c1-14-10-16(4-5-19(14)36-26-24(34)23(33)22(32)20(13-30)37-26)17-3-2-15-6-9-29(25(35)18(15)11-17)12-21(31)28-8-7-27/h2-6,9-11,20,22-24,26,30,32-34H,7-8,12-13,27H2,1H3,(H,28,31)/t20-,22-,23+,24+,26+/m1/s1. The molecule has 3 aromatic rings. The summed E-state index contributed by atoms with van der Waals surface area (Å²) in [7, 11) is 0. The van der Waals surface area contributed by atoms with Gasteiger partial charge in [0, 0.05) is 24.7 Å². The Morgan fingerprint density at radius 3 is 2.51 bits per heavy atom. The highest BCUT2D eigenvalue weighted by Crippen LogP contribution is 2.30. The lowest BCUT2D eigenvalue weighted by atomic mass is 9.99. The largest absolute Gasteiger partial charge is 0.462 e. The Bertz CT molecular complexity index is 1320. The molecule has 1 aliphatic rings. The zero-order chi connectivity index (χ0) is 26.7. The first-order chi connectivity index (χ1) is 17.7. The summed E-state index contributed by atoms with van der Waals surface area (Å²) < 4.78 is 12.5. The third-order valence-corrected chi connectivity index (χ3v) is 6.36. The van der Waals surface area contributed by atoms with Gasteiger partial charge in [0.1, 0.15) is 36.7 Å². The van der Waals surface area contributed by atoms with E-state index in [0.717, 1.165) is 16.5 Å². The van der Waals surface area contributed by atoms with Gasteiger partial charge in [0.05, 0.1) is 6.61 Å². The van der Waals surface area contributed by atoms with Gasteiger partial charge in [0.15, 0.2) is 0 Å². The van der Waals surface area contributed by atoms with Crippen LogP contribution in [-0.2, 0) is 16.1 Å². The van der Waals surface area contributed by atoms with Crippen LogP contribution in [0.3, 0.4) is 0 Å². The number of rotatable bonds is 8. The summed E-state index contributed by atoms with van der Waals surface area (Å²) >= 11 is 0. The van der Waals surface area contributed by atoms with Crippen molar-refractivity contribution in [1.82, 2.24) is 9.88 Å². The van der Waals surface area contributed by atoms with Crippen LogP contribution in [0.15, 0.2) is 53.5 Å².